The van der Waals surface area contributed by atoms with E-state index in [1.165, 1.54) is 11.8 Å². The third-order valence-corrected chi connectivity index (χ3v) is 4.16. The normalized spacial score (nSPS) is 11.5. The maximum Gasteiger partial charge on any atom is 0.329 e. The minimum absolute atomic E-state index is 0.371. The number of carbonyl (C=O) groups is 3. The van der Waals surface area contributed by atoms with Gasteiger partial charge in [0.05, 0.1) is 0 Å². The Labute approximate surface area is 153 Å². The zero-order valence-electron chi connectivity index (χ0n) is 13.4. The van der Waals surface area contributed by atoms with Gasteiger partial charge in [-0.25, -0.2) is 9.59 Å². The number of nitrogens with one attached hydrogen (secondary N) is 2. The Morgan fingerprint density at radius 2 is 2.08 bits per heavy atom. The third-order valence-electron chi connectivity index (χ3n) is 3.02. The Morgan fingerprint density at radius 1 is 1.38 bits per heavy atom. The Balaban J connectivity index is 2.54. The first-order valence-corrected chi connectivity index (χ1v) is 9.29. The van der Waals surface area contributed by atoms with E-state index < -0.39 is 30.6 Å². The highest BCUT2D eigenvalue weighted by molar-refractivity contribution is 9.10. The number of rotatable bonds is 8. The highest BCUT2D eigenvalue weighted by atomic mass is 79.9. The quantitative estimate of drug-likeness (QED) is 0.560. The van der Waals surface area contributed by atoms with Gasteiger partial charge in [0, 0.05) is 10.2 Å². The first-order chi connectivity index (χ1) is 11.3. The number of halogens is 1. The lowest BCUT2D eigenvalue weighted by molar-refractivity contribution is -0.149. The van der Waals surface area contributed by atoms with Gasteiger partial charge in [0.1, 0.15) is 6.04 Å². The molecule has 24 heavy (non-hydrogen) atoms. The molecule has 0 fully saturated rings. The highest BCUT2D eigenvalue weighted by Crippen LogP contribution is 2.19. The summed E-state index contributed by atoms with van der Waals surface area (Å²) in [4.78, 5) is 34.8. The topological polar surface area (TPSA) is 111 Å². The number of hydrogen-bond donors (Lipinski definition) is 3. The molecule has 3 amide bonds. The third kappa shape index (κ3) is 7.22. The zero-order valence-corrected chi connectivity index (χ0v) is 15.8. The van der Waals surface area contributed by atoms with Crippen LogP contribution in [-0.2, 0) is 14.3 Å². The average Bonchev–Trinajstić information content (AvgIpc) is 2.51. The van der Waals surface area contributed by atoms with E-state index in [9.17, 15) is 14.4 Å². The first-order valence-electron chi connectivity index (χ1n) is 7.11. The predicted octanol–water partition coefficient (Wildman–Crippen LogP) is 2.03. The summed E-state index contributed by atoms with van der Waals surface area (Å²) in [6, 6.07) is 3.72. The van der Waals surface area contributed by atoms with E-state index in [0.717, 1.165) is 10.0 Å². The minimum Gasteiger partial charge on any atom is -0.454 e. The molecule has 132 valence electrons. The lowest BCUT2D eigenvalue weighted by Crippen LogP contribution is -2.45. The summed E-state index contributed by atoms with van der Waals surface area (Å²) in [7, 11) is 0. The van der Waals surface area contributed by atoms with Gasteiger partial charge in [0.2, 0.25) is 0 Å². The number of carbonyl (C=O) groups excluding carboxylic acids is 3. The van der Waals surface area contributed by atoms with E-state index in [2.05, 4.69) is 26.6 Å². The summed E-state index contributed by atoms with van der Waals surface area (Å²) >= 11 is 4.86. The SMILES string of the molecule is CSCC[C@@H](NC(N)=O)C(=O)OCC(=O)Nc1ccc(Br)cc1C. The largest absolute Gasteiger partial charge is 0.454 e. The van der Waals surface area contributed by atoms with Crippen LogP contribution in [0.5, 0.6) is 0 Å². The Kier molecular flexibility index (Phi) is 8.62. The van der Waals surface area contributed by atoms with Crippen LogP contribution in [0.4, 0.5) is 10.5 Å². The standard InChI is InChI=1S/C15H20BrN3O4S/c1-9-7-10(16)3-4-11(9)18-13(20)8-23-14(21)12(5-6-24-2)19-15(17)22/h3-4,7,12H,5-6,8H2,1-2H3,(H,18,20)(H3,17,19,22)/t12-/m1/s1. The van der Waals surface area contributed by atoms with Crippen molar-refractivity contribution < 1.29 is 19.1 Å². The maximum absolute atomic E-state index is 12.0. The van der Waals surface area contributed by atoms with E-state index in [1.54, 1.807) is 12.1 Å². The number of primary amides is 1. The van der Waals surface area contributed by atoms with Gasteiger partial charge in [-0.3, -0.25) is 4.79 Å². The van der Waals surface area contributed by atoms with Crippen LogP contribution in [0.15, 0.2) is 22.7 Å². The van der Waals surface area contributed by atoms with Crippen LogP contribution < -0.4 is 16.4 Å². The number of thioether (sulfide) groups is 1. The number of esters is 1. The van der Waals surface area contributed by atoms with Crippen LogP contribution >= 0.6 is 27.7 Å². The van der Waals surface area contributed by atoms with E-state index >= 15 is 0 Å². The van der Waals surface area contributed by atoms with Crippen molar-refractivity contribution in [3.63, 3.8) is 0 Å². The summed E-state index contributed by atoms with van der Waals surface area (Å²) in [5.41, 5.74) is 6.55. The Morgan fingerprint density at radius 3 is 2.67 bits per heavy atom. The molecule has 0 aliphatic carbocycles. The Hall–Kier alpha value is -1.74. The van der Waals surface area contributed by atoms with Crippen molar-refractivity contribution >= 4 is 51.3 Å². The fourth-order valence-electron chi connectivity index (χ4n) is 1.85. The van der Waals surface area contributed by atoms with E-state index in [4.69, 9.17) is 10.5 Å². The summed E-state index contributed by atoms with van der Waals surface area (Å²) < 4.78 is 5.86. The Bertz CT molecular complexity index is 612. The molecule has 4 N–H and O–H groups in total. The van der Waals surface area contributed by atoms with Gasteiger partial charge in [0.25, 0.3) is 5.91 Å². The van der Waals surface area contributed by atoms with Gasteiger partial charge in [0.15, 0.2) is 6.61 Å². The molecule has 9 heteroatoms. The number of ether oxygens (including phenoxy) is 1. The van der Waals surface area contributed by atoms with Gasteiger partial charge in [-0.05, 0) is 49.1 Å². The van der Waals surface area contributed by atoms with Crippen LogP contribution in [0, 0.1) is 6.92 Å². The number of amides is 3. The fraction of sp³-hybridized carbons (Fsp3) is 0.400. The molecule has 0 aliphatic rings. The molecule has 0 bridgehead atoms. The van der Waals surface area contributed by atoms with Crippen LogP contribution in [0.2, 0.25) is 0 Å². The molecule has 7 nitrogen and oxygen atoms in total. The van der Waals surface area contributed by atoms with Gasteiger partial charge < -0.3 is 21.1 Å². The van der Waals surface area contributed by atoms with E-state index in [1.807, 2.05) is 19.2 Å². The molecule has 1 atom stereocenters. The molecular formula is C15H20BrN3O4S. The van der Waals surface area contributed by atoms with E-state index in [-0.39, 0.29) is 0 Å². The summed E-state index contributed by atoms with van der Waals surface area (Å²) in [6.45, 7) is 1.41. The maximum atomic E-state index is 12.0. The predicted molar refractivity (Wildman–Crippen MR) is 98.0 cm³/mol. The lowest BCUT2D eigenvalue weighted by Gasteiger charge is -2.16. The summed E-state index contributed by atoms with van der Waals surface area (Å²) in [6.07, 6.45) is 2.25. The molecule has 0 unspecified atom stereocenters. The monoisotopic (exact) mass is 417 g/mol. The van der Waals surface area contributed by atoms with Crippen molar-refractivity contribution in [3.05, 3.63) is 28.2 Å². The molecule has 1 aromatic rings. The van der Waals surface area contributed by atoms with Crippen LogP contribution in [-0.4, -0.2) is 42.6 Å². The lowest BCUT2D eigenvalue weighted by atomic mass is 10.2. The summed E-state index contributed by atoms with van der Waals surface area (Å²) in [5, 5.41) is 4.98. The van der Waals surface area contributed by atoms with Gasteiger partial charge in [-0.2, -0.15) is 11.8 Å². The van der Waals surface area contributed by atoms with E-state index in [0.29, 0.717) is 17.9 Å². The molecule has 0 spiro atoms. The number of nitrogens with two attached hydrogens (primary N) is 1. The van der Waals surface area contributed by atoms with Crippen LogP contribution in [0.3, 0.4) is 0 Å². The van der Waals surface area contributed by atoms with Gasteiger partial charge in [-0.15, -0.1) is 0 Å². The smallest absolute Gasteiger partial charge is 0.329 e. The summed E-state index contributed by atoms with van der Waals surface area (Å²) in [5.74, 6) is -0.508. The molecular weight excluding hydrogens is 398 g/mol. The minimum atomic E-state index is -0.864. The van der Waals surface area contributed by atoms with Crippen molar-refractivity contribution in [3.8, 4) is 0 Å². The van der Waals surface area contributed by atoms with Crippen molar-refractivity contribution in [2.24, 2.45) is 5.73 Å². The average molecular weight is 418 g/mol. The molecule has 0 aromatic heterocycles. The molecule has 0 aliphatic heterocycles. The van der Waals surface area contributed by atoms with Crippen LogP contribution in [0.1, 0.15) is 12.0 Å². The van der Waals surface area contributed by atoms with Crippen molar-refractivity contribution in [1.29, 1.82) is 0 Å². The second kappa shape index (κ2) is 10.2. The molecule has 1 aromatic carbocycles. The molecule has 0 saturated heterocycles. The number of hydrogen-bond acceptors (Lipinski definition) is 5. The molecule has 0 saturated carbocycles. The number of aryl methyl sites for hydroxylation is 1. The fourth-order valence-corrected chi connectivity index (χ4v) is 2.79. The molecule has 1 rings (SSSR count). The van der Waals surface area contributed by atoms with Gasteiger partial charge in [-0.1, -0.05) is 15.9 Å². The van der Waals surface area contributed by atoms with Crippen molar-refractivity contribution in [2.45, 2.75) is 19.4 Å². The second-order valence-electron chi connectivity index (χ2n) is 4.96. The highest BCUT2D eigenvalue weighted by Gasteiger charge is 2.21. The number of urea groups is 1. The zero-order chi connectivity index (χ0) is 18.1. The number of benzene rings is 1. The second-order valence-corrected chi connectivity index (χ2v) is 6.86. The van der Waals surface area contributed by atoms with Crippen LogP contribution in [0.25, 0.3) is 0 Å². The molecule has 0 heterocycles. The molecule has 0 radical (unpaired) electrons. The van der Waals surface area contributed by atoms with Crippen molar-refractivity contribution in [2.75, 3.05) is 23.9 Å². The first kappa shape index (κ1) is 20.3. The van der Waals surface area contributed by atoms with Crippen molar-refractivity contribution in [1.82, 2.24) is 5.32 Å². The van der Waals surface area contributed by atoms with Gasteiger partial charge >= 0.3 is 12.0 Å². The number of anilines is 1.